The van der Waals surface area contributed by atoms with Crippen LogP contribution in [0.15, 0.2) is 0 Å². The minimum atomic E-state index is -0.906. The fraction of sp³-hybridized carbons (Fsp3) is 0.846. The first-order valence-electron chi connectivity index (χ1n) is 6.70. The van der Waals surface area contributed by atoms with E-state index in [2.05, 4.69) is 6.92 Å². The van der Waals surface area contributed by atoms with Gasteiger partial charge in [0.05, 0.1) is 0 Å². The van der Waals surface area contributed by atoms with Crippen LogP contribution in [0.25, 0.3) is 0 Å². The number of aliphatic carboxylic acids is 1. The molecule has 0 bridgehead atoms. The molecule has 0 aromatic rings. The van der Waals surface area contributed by atoms with E-state index in [1.165, 1.54) is 4.90 Å². The lowest BCUT2D eigenvalue weighted by Crippen LogP contribution is -2.51. The van der Waals surface area contributed by atoms with E-state index in [4.69, 9.17) is 4.74 Å². The summed E-state index contributed by atoms with van der Waals surface area (Å²) in [6.45, 7) is 5.09. The van der Waals surface area contributed by atoms with Gasteiger partial charge in [-0.25, -0.2) is 4.79 Å². The third-order valence-electron chi connectivity index (χ3n) is 3.47. The van der Waals surface area contributed by atoms with Crippen LogP contribution in [-0.2, 0) is 14.3 Å². The van der Waals surface area contributed by atoms with Crippen molar-refractivity contribution in [1.29, 1.82) is 0 Å². The molecular weight excluding hydrogens is 234 g/mol. The Bertz CT molecular complexity index is 293. The Morgan fingerprint density at radius 1 is 1.39 bits per heavy atom. The highest BCUT2D eigenvalue weighted by molar-refractivity contribution is 5.84. The summed E-state index contributed by atoms with van der Waals surface area (Å²) in [5.41, 5.74) is 0. The molecule has 1 amide bonds. The number of hydrogen-bond acceptors (Lipinski definition) is 3. The predicted octanol–water partition coefficient (Wildman–Crippen LogP) is 1.51. The molecule has 1 rings (SSSR count). The van der Waals surface area contributed by atoms with E-state index in [0.29, 0.717) is 25.5 Å². The molecule has 0 aromatic heterocycles. The van der Waals surface area contributed by atoms with Crippen molar-refractivity contribution in [2.75, 3.05) is 19.8 Å². The molecule has 0 radical (unpaired) electrons. The summed E-state index contributed by atoms with van der Waals surface area (Å²) in [7, 11) is 0. The van der Waals surface area contributed by atoms with Gasteiger partial charge in [-0.3, -0.25) is 4.79 Å². The van der Waals surface area contributed by atoms with Gasteiger partial charge in [0.15, 0.2) is 0 Å². The number of piperidine rings is 1. The summed E-state index contributed by atoms with van der Waals surface area (Å²) < 4.78 is 5.19. The van der Waals surface area contributed by atoms with Crippen LogP contribution in [0.2, 0.25) is 0 Å². The highest BCUT2D eigenvalue weighted by Gasteiger charge is 2.35. The maximum absolute atomic E-state index is 11.9. The fourth-order valence-electron chi connectivity index (χ4n) is 2.33. The zero-order valence-electron chi connectivity index (χ0n) is 11.2. The summed E-state index contributed by atoms with van der Waals surface area (Å²) in [6, 6.07) is -0.679. The van der Waals surface area contributed by atoms with E-state index in [-0.39, 0.29) is 12.5 Å². The molecular formula is C13H23NO4. The van der Waals surface area contributed by atoms with E-state index in [1.54, 1.807) is 0 Å². The summed E-state index contributed by atoms with van der Waals surface area (Å²) >= 11 is 0. The Morgan fingerprint density at radius 2 is 2.11 bits per heavy atom. The van der Waals surface area contributed by atoms with Crippen molar-refractivity contribution >= 4 is 11.9 Å². The van der Waals surface area contributed by atoms with Gasteiger partial charge in [0.2, 0.25) is 5.91 Å². The van der Waals surface area contributed by atoms with Crippen molar-refractivity contribution < 1.29 is 19.4 Å². The molecule has 1 fully saturated rings. The number of nitrogens with zero attached hydrogens (tertiary/aromatic N) is 1. The minimum Gasteiger partial charge on any atom is -0.480 e. The largest absolute Gasteiger partial charge is 0.480 e. The smallest absolute Gasteiger partial charge is 0.326 e. The molecule has 104 valence electrons. The summed E-state index contributed by atoms with van der Waals surface area (Å²) in [4.78, 5) is 24.6. The molecule has 18 heavy (non-hydrogen) atoms. The summed E-state index contributed by atoms with van der Waals surface area (Å²) in [6.07, 6.45) is 3.27. The second kappa shape index (κ2) is 7.36. The van der Waals surface area contributed by atoms with Crippen LogP contribution in [0.4, 0.5) is 0 Å². The van der Waals surface area contributed by atoms with E-state index in [9.17, 15) is 14.7 Å². The van der Waals surface area contributed by atoms with Gasteiger partial charge in [-0.1, -0.05) is 20.3 Å². The van der Waals surface area contributed by atoms with Crippen LogP contribution in [0.1, 0.15) is 39.5 Å². The number of hydrogen-bond donors (Lipinski definition) is 1. The Morgan fingerprint density at radius 3 is 2.67 bits per heavy atom. The van der Waals surface area contributed by atoms with Gasteiger partial charge in [-0.2, -0.15) is 0 Å². The van der Waals surface area contributed by atoms with Crippen LogP contribution < -0.4 is 0 Å². The zero-order chi connectivity index (χ0) is 13.5. The summed E-state index contributed by atoms with van der Waals surface area (Å²) in [5, 5.41) is 9.21. The van der Waals surface area contributed by atoms with Crippen molar-refractivity contribution in [3.05, 3.63) is 0 Å². The molecule has 5 nitrogen and oxygen atoms in total. The van der Waals surface area contributed by atoms with Gasteiger partial charge < -0.3 is 14.7 Å². The maximum atomic E-state index is 11.9. The lowest BCUT2D eigenvalue weighted by Gasteiger charge is -2.36. The molecule has 0 aromatic carbocycles. The molecule has 0 aliphatic carbocycles. The van der Waals surface area contributed by atoms with Crippen molar-refractivity contribution in [3.8, 4) is 0 Å². The van der Waals surface area contributed by atoms with Gasteiger partial charge in [0.1, 0.15) is 12.6 Å². The SMILES string of the molecule is CCCOCC(=O)N1CCC(CC)CC1C(=O)O. The van der Waals surface area contributed by atoms with Crippen LogP contribution in [-0.4, -0.2) is 47.7 Å². The molecule has 1 heterocycles. The van der Waals surface area contributed by atoms with Crippen molar-refractivity contribution in [1.82, 2.24) is 4.90 Å². The number of carboxylic acids is 1. The number of likely N-dealkylation sites (tertiary alicyclic amines) is 1. The highest BCUT2D eigenvalue weighted by atomic mass is 16.5. The van der Waals surface area contributed by atoms with Gasteiger partial charge in [-0.15, -0.1) is 0 Å². The molecule has 2 unspecified atom stereocenters. The Labute approximate surface area is 108 Å². The van der Waals surface area contributed by atoms with Crippen LogP contribution in [0.3, 0.4) is 0 Å². The zero-order valence-corrected chi connectivity index (χ0v) is 11.2. The lowest BCUT2D eigenvalue weighted by atomic mass is 9.89. The van der Waals surface area contributed by atoms with E-state index >= 15 is 0 Å². The molecule has 1 N–H and O–H groups in total. The lowest BCUT2D eigenvalue weighted by molar-refractivity contribution is -0.155. The Hall–Kier alpha value is -1.10. The van der Waals surface area contributed by atoms with Gasteiger partial charge >= 0.3 is 5.97 Å². The molecule has 5 heteroatoms. The van der Waals surface area contributed by atoms with Gasteiger partial charge in [-0.05, 0) is 25.2 Å². The highest BCUT2D eigenvalue weighted by Crippen LogP contribution is 2.25. The minimum absolute atomic E-state index is 0.00554. The van der Waals surface area contributed by atoms with Crippen LogP contribution in [0, 0.1) is 5.92 Å². The van der Waals surface area contributed by atoms with Crippen LogP contribution in [0.5, 0.6) is 0 Å². The number of amides is 1. The molecule has 1 aliphatic rings. The molecule has 1 aliphatic heterocycles. The standard InChI is InChI=1S/C13H23NO4/c1-3-7-18-9-12(15)14-6-5-10(4-2)8-11(14)13(16)17/h10-11H,3-9H2,1-2H3,(H,16,17). The number of ether oxygens (including phenoxy) is 1. The van der Waals surface area contributed by atoms with Crippen molar-refractivity contribution in [3.63, 3.8) is 0 Å². The molecule has 1 saturated heterocycles. The number of carbonyl (C=O) groups is 2. The van der Waals surface area contributed by atoms with Gasteiger partial charge in [0.25, 0.3) is 0 Å². The second-order valence-corrected chi connectivity index (χ2v) is 4.79. The number of rotatable bonds is 6. The third kappa shape index (κ3) is 3.98. The molecule has 2 atom stereocenters. The maximum Gasteiger partial charge on any atom is 0.326 e. The Kier molecular flexibility index (Phi) is 6.12. The van der Waals surface area contributed by atoms with Crippen LogP contribution >= 0.6 is 0 Å². The first-order chi connectivity index (χ1) is 8.60. The van der Waals surface area contributed by atoms with E-state index in [0.717, 1.165) is 19.3 Å². The number of carboxylic acid groups (broad SMARTS) is 1. The van der Waals surface area contributed by atoms with Crippen molar-refractivity contribution in [2.24, 2.45) is 5.92 Å². The normalized spacial score (nSPS) is 24.0. The molecule has 0 saturated carbocycles. The second-order valence-electron chi connectivity index (χ2n) is 4.79. The predicted molar refractivity (Wildman–Crippen MR) is 67.3 cm³/mol. The quantitative estimate of drug-likeness (QED) is 0.732. The van der Waals surface area contributed by atoms with Gasteiger partial charge in [0, 0.05) is 13.2 Å². The topological polar surface area (TPSA) is 66.8 Å². The molecule has 0 spiro atoms. The third-order valence-corrected chi connectivity index (χ3v) is 3.47. The average molecular weight is 257 g/mol. The Balaban J connectivity index is 2.56. The van der Waals surface area contributed by atoms with E-state index < -0.39 is 12.0 Å². The number of carbonyl (C=O) groups excluding carboxylic acids is 1. The average Bonchev–Trinajstić information content (AvgIpc) is 2.38. The monoisotopic (exact) mass is 257 g/mol. The summed E-state index contributed by atoms with van der Waals surface area (Å²) in [5.74, 6) is -0.700. The van der Waals surface area contributed by atoms with Crippen molar-refractivity contribution in [2.45, 2.75) is 45.6 Å². The fourth-order valence-corrected chi connectivity index (χ4v) is 2.33. The van der Waals surface area contributed by atoms with E-state index in [1.807, 2.05) is 6.92 Å². The first-order valence-corrected chi connectivity index (χ1v) is 6.70. The first kappa shape index (κ1) is 15.0.